The molecule has 4 rings (SSSR count). The Labute approximate surface area is 140 Å². The Morgan fingerprint density at radius 2 is 1.78 bits per heavy atom. The topological polar surface area (TPSA) is 44.8 Å². The van der Waals surface area contributed by atoms with Gasteiger partial charge in [0, 0.05) is 42.3 Å². The van der Waals surface area contributed by atoms with E-state index in [0.29, 0.717) is 5.15 Å². The highest BCUT2D eigenvalue weighted by atomic mass is 35.5. The maximum Gasteiger partial charge on any atom is 0.138 e. The number of imidazole rings is 1. The standard InChI is InChI=1S/C18H17ClN4/c19-17-11-14(7-8-20-17)18-21-12-16(22-18)13-3-5-15(6-4-13)23-9-1-2-10-23/h3-8,11-12H,1-2,9-10H2,(H,21,22). The Morgan fingerprint density at radius 1 is 1.00 bits per heavy atom. The van der Waals surface area contributed by atoms with E-state index >= 15 is 0 Å². The maximum atomic E-state index is 5.94. The molecule has 0 amide bonds. The first-order valence-electron chi connectivity index (χ1n) is 7.82. The predicted octanol–water partition coefficient (Wildman–Crippen LogP) is 4.39. The van der Waals surface area contributed by atoms with E-state index in [1.807, 2.05) is 12.3 Å². The third-order valence-corrected chi connectivity index (χ3v) is 4.42. The highest BCUT2D eigenvalue weighted by Gasteiger charge is 2.12. The van der Waals surface area contributed by atoms with Crippen molar-refractivity contribution in [3.05, 3.63) is 53.9 Å². The first-order chi connectivity index (χ1) is 11.3. The molecule has 1 aliphatic rings. The zero-order valence-electron chi connectivity index (χ0n) is 12.7. The lowest BCUT2D eigenvalue weighted by molar-refractivity contribution is 0.949. The summed E-state index contributed by atoms with van der Waals surface area (Å²) in [5.41, 5.74) is 4.27. The molecule has 0 saturated carbocycles. The van der Waals surface area contributed by atoms with Crippen LogP contribution in [0.15, 0.2) is 48.8 Å². The number of rotatable bonds is 3. The van der Waals surface area contributed by atoms with E-state index in [2.05, 4.69) is 44.1 Å². The van der Waals surface area contributed by atoms with Crippen LogP contribution in [0.25, 0.3) is 22.6 Å². The second-order valence-electron chi connectivity index (χ2n) is 5.74. The summed E-state index contributed by atoms with van der Waals surface area (Å²) in [6.07, 6.45) is 6.19. The summed E-state index contributed by atoms with van der Waals surface area (Å²) in [5.74, 6) is 0.799. The number of nitrogens with one attached hydrogen (secondary N) is 1. The minimum atomic E-state index is 0.468. The third-order valence-electron chi connectivity index (χ3n) is 4.21. The molecule has 116 valence electrons. The Balaban J connectivity index is 1.59. The molecule has 1 fully saturated rings. The molecule has 1 aromatic carbocycles. The number of anilines is 1. The zero-order chi connectivity index (χ0) is 15.6. The molecule has 0 bridgehead atoms. The van der Waals surface area contributed by atoms with Crippen LogP contribution in [0.5, 0.6) is 0 Å². The summed E-state index contributed by atoms with van der Waals surface area (Å²) in [6, 6.07) is 12.3. The molecule has 2 aromatic heterocycles. The van der Waals surface area contributed by atoms with Crippen molar-refractivity contribution in [1.29, 1.82) is 0 Å². The molecule has 1 aliphatic heterocycles. The van der Waals surface area contributed by atoms with Gasteiger partial charge in [0.1, 0.15) is 11.0 Å². The molecule has 3 heterocycles. The SMILES string of the molecule is Clc1cc(-c2nc(-c3ccc(N4CCCC4)cc3)c[nH]2)ccn1. The van der Waals surface area contributed by atoms with Crippen LogP contribution >= 0.6 is 11.6 Å². The number of hydrogen-bond acceptors (Lipinski definition) is 3. The van der Waals surface area contributed by atoms with E-state index in [-0.39, 0.29) is 0 Å². The van der Waals surface area contributed by atoms with Crippen LogP contribution in [-0.4, -0.2) is 28.0 Å². The van der Waals surface area contributed by atoms with Crippen molar-refractivity contribution >= 4 is 17.3 Å². The normalized spacial score (nSPS) is 14.4. The van der Waals surface area contributed by atoms with Crippen LogP contribution < -0.4 is 4.90 Å². The molecule has 0 spiro atoms. The van der Waals surface area contributed by atoms with Gasteiger partial charge in [-0.05, 0) is 37.1 Å². The first kappa shape index (κ1) is 14.3. The number of pyridine rings is 1. The molecule has 23 heavy (non-hydrogen) atoms. The predicted molar refractivity (Wildman–Crippen MR) is 93.7 cm³/mol. The Bertz CT molecular complexity index is 804. The molecule has 0 aliphatic carbocycles. The summed E-state index contributed by atoms with van der Waals surface area (Å²) in [4.78, 5) is 14.3. The van der Waals surface area contributed by atoms with E-state index in [1.165, 1.54) is 18.5 Å². The van der Waals surface area contributed by atoms with Gasteiger partial charge in [0.25, 0.3) is 0 Å². The summed E-state index contributed by atoms with van der Waals surface area (Å²) in [7, 11) is 0. The average molecular weight is 325 g/mol. The van der Waals surface area contributed by atoms with Crippen LogP contribution in [-0.2, 0) is 0 Å². The quantitative estimate of drug-likeness (QED) is 0.727. The van der Waals surface area contributed by atoms with E-state index < -0.39 is 0 Å². The monoisotopic (exact) mass is 324 g/mol. The number of aromatic amines is 1. The zero-order valence-corrected chi connectivity index (χ0v) is 13.4. The second-order valence-corrected chi connectivity index (χ2v) is 6.13. The average Bonchev–Trinajstić information content (AvgIpc) is 3.27. The Morgan fingerprint density at radius 3 is 2.52 bits per heavy atom. The third kappa shape index (κ3) is 2.94. The van der Waals surface area contributed by atoms with Gasteiger partial charge >= 0.3 is 0 Å². The minimum absolute atomic E-state index is 0.468. The lowest BCUT2D eigenvalue weighted by atomic mass is 10.1. The van der Waals surface area contributed by atoms with Gasteiger partial charge in [0.2, 0.25) is 0 Å². The Hall–Kier alpha value is -2.33. The van der Waals surface area contributed by atoms with E-state index in [0.717, 1.165) is 35.7 Å². The first-order valence-corrected chi connectivity index (χ1v) is 8.20. The fraction of sp³-hybridized carbons (Fsp3) is 0.222. The molecule has 0 unspecified atom stereocenters. The fourth-order valence-electron chi connectivity index (χ4n) is 2.99. The van der Waals surface area contributed by atoms with Crippen molar-refractivity contribution in [3.8, 4) is 22.6 Å². The lowest BCUT2D eigenvalue weighted by Crippen LogP contribution is -2.17. The summed E-state index contributed by atoms with van der Waals surface area (Å²) in [5, 5.41) is 0.468. The van der Waals surface area contributed by atoms with Crippen molar-refractivity contribution in [1.82, 2.24) is 15.0 Å². The molecule has 1 N–H and O–H groups in total. The molecule has 1 saturated heterocycles. The lowest BCUT2D eigenvalue weighted by Gasteiger charge is -2.17. The van der Waals surface area contributed by atoms with Crippen LogP contribution in [0, 0.1) is 0 Å². The molecule has 0 radical (unpaired) electrons. The van der Waals surface area contributed by atoms with Gasteiger partial charge in [-0.25, -0.2) is 9.97 Å². The van der Waals surface area contributed by atoms with Crippen LogP contribution in [0.3, 0.4) is 0 Å². The summed E-state index contributed by atoms with van der Waals surface area (Å²) >= 11 is 5.94. The number of aromatic nitrogens is 3. The van der Waals surface area contributed by atoms with E-state index in [9.17, 15) is 0 Å². The number of halogens is 1. The van der Waals surface area contributed by atoms with Gasteiger partial charge in [-0.2, -0.15) is 0 Å². The molecular formula is C18H17ClN4. The van der Waals surface area contributed by atoms with Crippen LogP contribution in [0.4, 0.5) is 5.69 Å². The van der Waals surface area contributed by atoms with Crippen molar-refractivity contribution in [2.75, 3.05) is 18.0 Å². The van der Waals surface area contributed by atoms with Gasteiger partial charge in [-0.3, -0.25) is 0 Å². The highest BCUT2D eigenvalue weighted by Crippen LogP contribution is 2.26. The maximum absolute atomic E-state index is 5.94. The van der Waals surface area contributed by atoms with E-state index in [1.54, 1.807) is 12.3 Å². The molecule has 0 atom stereocenters. The number of benzene rings is 1. The minimum Gasteiger partial charge on any atom is -0.372 e. The summed E-state index contributed by atoms with van der Waals surface area (Å²) < 4.78 is 0. The largest absolute Gasteiger partial charge is 0.372 e. The van der Waals surface area contributed by atoms with Gasteiger partial charge in [0.15, 0.2) is 0 Å². The fourth-order valence-corrected chi connectivity index (χ4v) is 3.16. The van der Waals surface area contributed by atoms with Crippen molar-refractivity contribution < 1.29 is 0 Å². The second kappa shape index (κ2) is 6.05. The van der Waals surface area contributed by atoms with E-state index in [4.69, 9.17) is 11.6 Å². The van der Waals surface area contributed by atoms with Crippen LogP contribution in [0.1, 0.15) is 12.8 Å². The van der Waals surface area contributed by atoms with Crippen molar-refractivity contribution in [3.63, 3.8) is 0 Å². The van der Waals surface area contributed by atoms with Gasteiger partial charge < -0.3 is 9.88 Å². The summed E-state index contributed by atoms with van der Waals surface area (Å²) in [6.45, 7) is 2.32. The molecule has 3 aromatic rings. The highest BCUT2D eigenvalue weighted by molar-refractivity contribution is 6.29. The smallest absolute Gasteiger partial charge is 0.138 e. The van der Waals surface area contributed by atoms with Gasteiger partial charge in [-0.1, -0.05) is 23.7 Å². The number of hydrogen-bond donors (Lipinski definition) is 1. The molecule has 4 nitrogen and oxygen atoms in total. The number of H-pyrrole nitrogens is 1. The molecular weight excluding hydrogens is 308 g/mol. The van der Waals surface area contributed by atoms with Crippen molar-refractivity contribution in [2.24, 2.45) is 0 Å². The van der Waals surface area contributed by atoms with Crippen molar-refractivity contribution in [2.45, 2.75) is 12.8 Å². The van der Waals surface area contributed by atoms with Crippen LogP contribution in [0.2, 0.25) is 5.15 Å². The van der Waals surface area contributed by atoms with Gasteiger partial charge in [0.05, 0.1) is 5.69 Å². The number of nitrogens with zero attached hydrogens (tertiary/aromatic N) is 3. The Kier molecular flexibility index (Phi) is 3.75. The van der Waals surface area contributed by atoms with Gasteiger partial charge in [-0.15, -0.1) is 0 Å². The molecule has 5 heteroatoms.